The SMILES string of the molecule is CCCCn1c(O)c(N=NC(=O)COc2ccc(Cl)cc2)c2cc(C)ccc21. The van der Waals surface area contributed by atoms with Gasteiger partial charge in [0.25, 0.3) is 0 Å². The first-order valence-electron chi connectivity index (χ1n) is 9.14. The molecule has 2 aromatic carbocycles. The third-order valence-electron chi connectivity index (χ3n) is 4.34. The van der Waals surface area contributed by atoms with Crippen LogP contribution in [0.1, 0.15) is 25.3 Å². The monoisotopic (exact) mass is 399 g/mol. The molecule has 0 atom stereocenters. The van der Waals surface area contributed by atoms with E-state index < -0.39 is 5.91 Å². The van der Waals surface area contributed by atoms with Gasteiger partial charge in [0.1, 0.15) is 5.75 Å². The Morgan fingerprint density at radius 3 is 2.68 bits per heavy atom. The number of ether oxygens (including phenoxy) is 1. The summed E-state index contributed by atoms with van der Waals surface area (Å²) in [4.78, 5) is 12.0. The van der Waals surface area contributed by atoms with Crippen LogP contribution in [-0.4, -0.2) is 22.2 Å². The zero-order valence-electron chi connectivity index (χ0n) is 15.9. The molecule has 0 saturated heterocycles. The number of halogens is 1. The normalized spacial score (nSPS) is 11.4. The molecular formula is C21H22ClN3O3. The summed E-state index contributed by atoms with van der Waals surface area (Å²) in [5, 5.41) is 19.7. The Kier molecular flexibility index (Phi) is 6.31. The maximum Gasteiger partial charge on any atom is 0.302 e. The molecule has 0 aliphatic rings. The lowest BCUT2D eigenvalue weighted by Gasteiger charge is -2.05. The van der Waals surface area contributed by atoms with Gasteiger partial charge in [-0.25, -0.2) is 0 Å². The second kappa shape index (κ2) is 8.89. The van der Waals surface area contributed by atoms with E-state index in [1.54, 1.807) is 28.8 Å². The summed E-state index contributed by atoms with van der Waals surface area (Å²) in [6.07, 6.45) is 1.93. The lowest BCUT2D eigenvalue weighted by atomic mass is 10.1. The van der Waals surface area contributed by atoms with Crippen LogP contribution < -0.4 is 4.74 Å². The zero-order chi connectivity index (χ0) is 20.1. The van der Waals surface area contributed by atoms with E-state index in [4.69, 9.17) is 16.3 Å². The summed E-state index contributed by atoms with van der Waals surface area (Å²) in [5.74, 6) is -0.0109. The molecule has 0 aliphatic carbocycles. The molecule has 1 amide bonds. The van der Waals surface area contributed by atoms with Crippen LogP contribution in [0.3, 0.4) is 0 Å². The molecular weight excluding hydrogens is 378 g/mol. The fourth-order valence-electron chi connectivity index (χ4n) is 2.89. The molecule has 0 bridgehead atoms. The number of aryl methyl sites for hydroxylation is 2. The number of rotatable bonds is 7. The van der Waals surface area contributed by atoms with Gasteiger partial charge in [-0.3, -0.25) is 4.79 Å². The van der Waals surface area contributed by atoms with Gasteiger partial charge in [-0.05, 0) is 49.7 Å². The van der Waals surface area contributed by atoms with Gasteiger partial charge in [0.15, 0.2) is 12.3 Å². The van der Waals surface area contributed by atoms with Gasteiger partial charge in [0, 0.05) is 17.0 Å². The molecule has 1 heterocycles. The Labute approximate surface area is 168 Å². The van der Waals surface area contributed by atoms with Gasteiger partial charge in [-0.1, -0.05) is 36.6 Å². The van der Waals surface area contributed by atoms with Gasteiger partial charge in [0.05, 0.1) is 5.52 Å². The molecule has 0 unspecified atom stereocenters. The van der Waals surface area contributed by atoms with E-state index >= 15 is 0 Å². The summed E-state index contributed by atoms with van der Waals surface area (Å²) in [5.41, 5.74) is 2.21. The van der Waals surface area contributed by atoms with Crippen LogP contribution in [0.4, 0.5) is 5.69 Å². The van der Waals surface area contributed by atoms with Crippen molar-refractivity contribution in [2.24, 2.45) is 10.2 Å². The van der Waals surface area contributed by atoms with Crippen molar-refractivity contribution in [3.63, 3.8) is 0 Å². The summed E-state index contributed by atoms with van der Waals surface area (Å²) in [7, 11) is 0. The lowest BCUT2D eigenvalue weighted by Crippen LogP contribution is -2.07. The van der Waals surface area contributed by atoms with Crippen LogP contribution in [-0.2, 0) is 11.3 Å². The Hall–Kier alpha value is -2.86. The van der Waals surface area contributed by atoms with Crippen LogP contribution in [0.2, 0.25) is 5.02 Å². The van der Waals surface area contributed by atoms with Crippen molar-refractivity contribution in [1.29, 1.82) is 0 Å². The maximum absolute atomic E-state index is 12.0. The van der Waals surface area contributed by atoms with Crippen LogP contribution >= 0.6 is 11.6 Å². The standard InChI is InChI=1S/C21H22ClN3O3/c1-3-4-11-25-18-10-5-14(2)12-17(18)20(21(25)27)24-23-19(26)13-28-16-8-6-15(22)7-9-16/h5-10,12,27H,3-4,11,13H2,1-2H3. The van der Waals surface area contributed by atoms with Crippen molar-refractivity contribution in [3.05, 3.63) is 53.1 Å². The van der Waals surface area contributed by atoms with Crippen molar-refractivity contribution in [3.8, 4) is 11.6 Å². The van der Waals surface area contributed by atoms with Crippen LogP contribution in [0, 0.1) is 6.92 Å². The molecule has 1 N–H and O–H groups in total. The van der Waals surface area contributed by atoms with Gasteiger partial charge >= 0.3 is 5.91 Å². The number of nitrogens with zero attached hydrogens (tertiary/aromatic N) is 3. The maximum atomic E-state index is 12.0. The fraction of sp³-hybridized carbons (Fsp3) is 0.286. The Balaban J connectivity index is 1.80. The summed E-state index contributed by atoms with van der Waals surface area (Å²) < 4.78 is 7.18. The first kappa shape index (κ1) is 19.9. The van der Waals surface area contributed by atoms with Crippen molar-refractivity contribution in [1.82, 2.24) is 4.57 Å². The molecule has 0 radical (unpaired) electrons. The second-order valence-electron chi connectivity index (χ2n) is 6.53. The number of hydrogen-bond donors (Lipinski definition) is 1. The third kappa shape index (κ3) is 4.51. The van der Waals surface area contributed by atoms with E-state index in [0.29, 0.717) is 23.0 Å². The molecule has 6 nitrogen and oxygen atoms in total. The highest BCUT2D eigenvalue weighted by Crippen LogP contribution is 2.39. The molecule has 3 aromatic rings. The highest BCUT2D eigenvalue weighted by molar-refractivity contribution is 6.30. The molecule has 146 valence electrons. The molecule has 0 spiro atoms. The molecule has 0 fully saturated rings. The first-order chi connectivity index (χ1) is 13.5. The van der Waals surface area contributed by atoms with Crippen molar-refractivity contribution < 1.29 is 14.6 Å². The van der Waals surface area contributed by atoms with E-state index in [1.165, 1.54) is 0 Å². The highest BCUT2D eigenvalue weighted by atomic mass is 35.5. The molecule has 1 aromatic heterocycles. The molecule has 7 heteroatoms. The molecule has 0 saturated carbocycles. The van der Waals surface area contributed by atoms with E-state index in [-0.39, 0.29) is 12.5 Å². The largest absolute Gasteiger partial charge is 0.493 e. The van der Waals surface area contributed by atoms with E-state index in [9.17, 15) is 9.90 Å². The summed E-state index contributed by atoms with van der Waals surface area (Å²) >= 11 is 5.82. The summed E-state index contributed by atoms with van der Waals surface area (Å²) in [6, 6.07) is 12.6. The van der Waals surface area contributed by atoms with Crippen LogP contribution in [0.25, 0.3) is 10.9 Å². The predicted molar refractivity (Wildman–Crippen MR) is 110 cm³/mol. The van der Waals surface area contributed by atoms with Crippen molar-refractivity contribution in [2.45, 2.75) is 33.2 Å². The number of fused-ring (bicyclic) bond motifs is 1. The van der Waals surface area contributed by atoms with Crippen LogP contribution in [0.5, 0.6) is 11.6 Å². The van der Waals surface area contributed by atoms with E-state index in [0.717, 1.165) is 29.3 Å². The number of amides is 1. The van der Waals surface area contributed by atoms with Crippen LogP contribution in [0.15, 0.2) is 52.7 Å². The molecule has 3 rings (SSSR count). The smallest absolute Gasteiger partial charge is 0.302 e. The average Bonchev–Trinajstić information content (AvgIpc) is 2.94. The zero-order valence-corrected chi connectivity index (χ0v) is 16.6. The fourth-order valence-corrected chi connectivity index (χ4v) is 3.01. The van der Waals surface area contributed by atoms with Gasteiger partial charge < -0.3 is 14.4 Å². The second-order valence-corrected chi connectivity index (χ2v) is 6.97. The minimum Gasteiger partial charge on any atom is -0.493 e. The van der Waals surface area contributed by atoms with Crippen molar-refractivity contribution in [2.75, 3.05) is 6.61 Å². The number of aromatic nitrogens is 1. The number of hydrogen-bond acceptors (Lipinski definition) is 4. The quantitative estimate of drug-likeness (QED) is 0.510. The highest BCUT2D eigenvalue weighted by Gasteiger charge is 2.17. The number of unbranched alkanes of at least 4 members (excludes halogenated alkanes) is 1. The number of aromatic hydroxyl groups is 1. The first-order valence-corrected chi connectivity index (χ1v) is 9.52. The number of benzene rings is 2. The minimum absolute atomic E-state index is 0.0178. The van der Waals surface area contributed by atoms with Gasteiger partial charge in [-0.2, -0.15) is 0 Å². The molecule has 0 aliphatic heterocycles. The Bertz CT molecular complexity index is 1010. The third-order valence-corrected chi connectivity index (χ3v) is 4.59. The molecule has 28 heavy (non-hydrogen) atoms. The summed E-state index contributed by atoms with van der Waals surface area (Å²) in [6.45, 7) is 4.48. The van der Waals surface area contributed by atoms with E-state index in [2.05, 4.69) is 17.2 Å². The lowest BCUT2D eigenvalue weighted by molar-refractivity contribution is -0.120. The minimum atomic E-state index is -0.545. The number of azo groups is 1. The van der Waals surface area contributed by atoms with Crippen molar-refractivity contribution >= 4 is 34.1 Å². The van der Waals surface area contributed by atoms with Gasteiger partial charge in [-0.15, -0.1) is 10.2 Å². The predicted octanol–water partition coefficient (Wildman–Crippen LogP) is 5.80. The Morgan fingerprint density at radius 2 is 1.96 bits per heavy atom. The Morgan fingerprint density at radius 1 is 1.21 bits per heavy atom. The number of carbonyl (C=O) groups excluding carboxylic acids is 1. The van der Waals surface area contributed by atoms with E-state index in [1.807, 2.05) is 25.1 Å². The number of carbonyl (C=O) groups is 1. The van der Waals surface area contributed by atoms with Gasteiger partial charge in [0.2, 0.25) is 5.88 Å². The average molecular weight is 400 g/mol. The topological polar surface area (TPSA) is 76.2 Å².